The Balaban J connectivity index is 2.61. The first kappa shape index (κ1) is 12.3. The van der Waals surface area contributed by atoms with Gasteiger partial charge in [0.2, 0.25) is 0 Å². The molecule has 0 unspecified atom stereocenters. The highest BCUT2D eigenvalue weighted by molar-refractivity contribution is 7.99. The lowest BCUT2D eigenvalue weighted by molar-refractivity contribution is -0.140. The van der Waals surface area contributed by atoms with E-state index in [2.05, 4.69) is 9.72 Å². The number of nitrogen functional groups attached to an aromatic ring is 1. The van der Waals surface area contributed by atoms with E-state index in [0.29, 0.717) is 28.5 Å². The van der Waals surface area contributed by atoms with Gasteiger partial charge in [0.25, 0.3) is 0 Å². The van der Waals surface area contributed by atoms with Gasteiger partial charge in [-0.25, -0.2) is 4.98 Å². The van der Waals surface area contributed by atoms with Crippen molar-refractivity contribution in [1.29, 1.82) is 5.26 Å². The van der Waals surface area contributed by atoms with Crippen molar-refractivity contribution in [3.63, 3.8) is 0 Å². The van der Waals surface area contributed by atoms with E-state index in [9.17, 15) is 4.79 Å². The van der Waals surface area contributed by atoms with Crippen LogP contribution in [-0.4, -0.2) is 23.8 Å². The average molecular weight is 237 g/mol. The molecule has 2 N–H and O–H groups in total. The van der Waals surface area contributed by atoms with Crippen molar-refractivity contribution in [3.05, 3.63) is 17.8 Å². The summed E-state index contributed by atoms with van der Waals surface area (Å²) in [6.07, 6.45) is 1.81. The number of hydrogen-bond acceptors (Lipinski definition) is 6. The smallest absolute Gasteiger partial charge is 0.306 e. The first-order chi connectivity index (χ1) is 7.69. The second-order valence-corrected chi connectivity index (χ2v) is 3.95. The summed E-state index contributed by atoms with van der Waals surface area (Å²) >= 11 is 1.33. The number of anilines is 1. The quantitative estimate of drug-likeness (QED) is 0.625. The van der Waals surface area contributed by atoms with Crippen molar-refractivity contribution in [2.45, 2.75) is 11.4 Å². The normalized spacial score (nSPS) is 9.50. The molecule has 1 heterocycles. The van der Waals surface area contributed by atoms with Gasteiger partial charge < -0.3 is 10.5 Å². The van der Waals surface area contributed by atoms with E-state index in [4.69, 9.17) is 11.0 Å². The van der Waals surface area contributed by atoms with Gasteiger partial charge in [-0.15, -0.1) is 11.8 Å². The van der Waals surface area contributed by atoms with Gasteiger partial charge in [0, 0.05) is 11.9 Å². The Labute approximate surface area is 97.6 Å². The van der Waals surface area contributed by atoms with Crippen LogP contribution in [0.2, 0.25) is 0 Å². The molecule has 0 aliphatic heterocycles. The van der Waals surface area contributed by atoms with E-state index in [1.165, 1.54) is 25.1 Å². The summed E-state index contributed by atoms with van der Waals surface area (Å²) in [5.41, 5.74) is 6.48. The SMILES string of the molecule is COC(=O)CCSc1nccc(C#N)c1N. The molecule has 0 radical (unpaired) electrons. The first-order valence-electron chi connectivity index (χ1n) is 4.53. The molecule has 0 saturated carbocycles. The zero-order chi connectivity index (χ0) is 12.0. The molecule has 0 fully saturated rings. The van der Waals surface area contributed by atoms with Gasteiger partial charge in [-0.3, -0.25) is 4.79 Å². The second kappa shape index (κ2) is 5.98. The van der Waals surface area contributed by atoms with E-state index >= 15 is 0 Å². The Morgan fingerprint density at radius 3 is 3.12 bits per heavy atom. The molecule has 1 aromatic rings. The monoisotopic (exact) mass is 237 g/mol. The molecule has 0 saturated heterocycles. The molecule has 5 nitrogen and oxygen atoms in total. The zero-order valence-corrected chi connectivity index (χ0v) is 9.58. The van der Waals surface area contributed by atoms with Crippen LogP contribution in [0.15, 0.2) is 17.3 Å². The molecule has 6 heteroatoms. The molecule has 84 valence electrons. The lowest BCUT2D eigenvalue weighted by Crippen LogP contribution is -2.02. The predicted molar refractivity (Wildman–Crippen MR) is 60.7 cm³/mol. The number of nitriles is 1. The molecule has 16 heavy (non-hydrogen) atoms. The van der Waals surface area contributed by atoms with Gasteiger partial charge in [0.1, 0.15) is 11.1 Å². The highest BCUT2D eigenvalue weighted by atomic mass is 32.2. The third-order valence-corrected chi connectivity index (χ3v) is 2.85. The Bertz CT molecular complexity index is 429. The number of carbonyl (C=O) groups excluding carboxylic acids is 1. The van der Waals surface area contributed by atoms with Gasteiger partial charge in [-0.1, -0.05) is 0 Å². The standard InChI is InChI=1S/C10H11N3O2S/c1-15-8(14)3-5-16-10-9(12)7(6-11)2-4-13-10/h2,4H,3,5,12H2,1H3. The number of methoxy groups -OCH3 is 1. The summed E-state index contributed by atoms with van der Waals surface area (Å²) in [6.45, 7) is 0. The van der Waals surface area contributed by atoms with E-state index in [0.717, 1.165) is 0 Å². The first-order valence-corrected chi connectivity index (χ1v) is 5.51. The van der Waals surface area contributed by atoms with Crippen LogP contribution < -0.4 is 5.73 Å². The number of rotatable bonds is 4. The maximum absolute atomic E-state index is 10.9. The van der Waals surface area contributed by atoms with Gasteiger partial charge in [-0.05, 0) is 6.07 Å². The molecule has 0 atom stereocenters. The minimum absolute atomic E-state index is 0.275. The minimum Gasteiger partial charge on any atom is -0.469 e. The fraction of sp³-hybridized carbons (Fsp3) is 0.300. The van der Waals surface area contributed by atoms with Crippen molar-refractivity contribution < 1.29 is 9.53 Å². The highest BCUT2D eigenvalue weighted by Gasteiger charge is 2.07. The molecule has 0 aliphatic carbocycles. The van der Waals surface area contributed by atoms with Crippen molar-refractivity contribution >= 4 is 23.4 Å². The topological polar surface area (TPSA) is 89.0 Å². The summed E-state index contributed by atoms with van der Waals surface area (Å²) in [7, 11) is 1.34. The summed E-state index contributed by atoms with van der Waals surface area (Å²) in [4.78, 5) is 14.9. The molecule has 0 spiro atoms. The van der Waals surface area contributed by atoms with Gasteiger partial charge in [0.05, 0.1) is 24.8 Å². The fourth-order valence-corrected chi connectivity index (χ4v) is 1.86. The maximum Gasteiger partial charge on any atom is 0.306 e. The van der Waals surface area contributed by atoms with Crippen LogP contribution in [0.4, 0.5) is 5.69 Å². The second-order valence-electron chi connectivity index (χ2n) is 2.86. The van der Waals surface area contributed by atoms with Crippen molar-refractivity contribution in [2.75, 3.05) is 18.6 Å². The molecule has 1 rings (SSSR count). The molecule has 0 aromatic carbocycles. The Kier molecular flexibility index (Phi) is 4.61. The largest absolute Gasteiger partial charge is 0.469 e. The highest BCUT2D eigenvalue weighted by Crippen LogP contribution is 2.25. The number of nitrogens with zero attached hydrogens (tertiary/aromatic N) is 2. The van der Waals surface area contributed by atoms with Gasteiger partial charge in [-0.2, -0.15) is 5.26 Å². The molecule has 1 aromatic heterocycles. The number of pyridine rings is 1. The molecule has 0 bridgehead atoms. The minimum atomic E-state index is -0.275. The number of hydrogen-bond donors (Lipinski definition) is 1. The van der Waals surface area contributed by atoms with Gasteiger partial charge >= 0.3 is 5.97 Å². The zero-order valence-electron chi connectivity index (χ0n) is 8.77. The van der Waals surface area contributed by atoms with Crippen LogP contribution in [-0.2, 0) is 9.53 Å². The predicted octanol–water partition coefficient (Wildman–Crippen LogP) is 1.19. The Hall–Kier alpha value is -1.74. The number of nitrogens with two attached hydrogens (primary N) is 1. The van der Waals surface area contributed by atoms with Crippen LogP contribution in [0.1, 0.15) is 12.0 Å². The number of carbonyl (C=O) groups is 1. The van der Waals surface area contributed by atoms with Crippen molar-refractivity contribution in [1.82, 2.24) is 4.98 Å². The number of esters is 1. The lowest BCUT2D eigenvalue weighted by atomic mass is 10.2. The summed E-state index contributed by atoms with van der Waals surface area (Å²) in [6, 6.07) is 3.53. The fourth-order valence-electron chi connectivity index (χ4n) is 1.000. The van der Waals surface area contributed by atoms with Crippen LogP contribution in [0.5, 0.6) is 0 Å². The third kappa shape index (κ3) is 3.14. The number of ether oxygens (including phenoxy) is 1. The van der Waals surface area contributed by atoms with Crippen LogP contribution in [0, 0.1) is 11.3 Å². The van der Waals surface area contributed by atoms with E-state index < -0.39 is 0 Å². The summed E-state index contributed by atoms with van der Waals surface area (Å²) in [5.74, 6) is 0.251. The van der Waals surface area contributed by atoms with Crippen molar-refractivity contribution in [3.8, 4) is 6.07 Å². The Morgan fingerprint density at radius 1 is 1.75 bits per heavy atom. The van der Waals surface area contributed by atoms with Crippen molar-refractivity contribution in [2.24, 2.45) is 0 Å². The summed E-state index contributed by atoms with van der Waals surface area (Å²) < 4.78 is 4.51. The van der Waals surface area contributed by atoms with E-state index in [-0.39, 0.29) is 5.97 Å². The number of thioether (sulfide) groups is 1. The number of aromatic nitrogens is 1. The average Bonchev–Trinajstić information content (AvgIpc) is 2.31. The van der Waals surface area contributed by atoms with Crippen LogP contribution in [0.3, 0.4) is 0 Å². The van der Waals surface area contributed by atoms with E-state index in [1.54, 1.807) is 6.07 Å². The molecule has 0 aliphatic rings. The molecule has 0 amide bonds. The Morgan fingerprint density at radius 2 is 2.50 bits per heavy atom. The van der Waals surface area contributed by atoms with Crippen LogP contribution in [0.25, 0.3) is 0 Å². The molecular weight excluding hydrogens is 226 g/mol. The van der Waals surface area contributed by atoms with Crippen LogP contribution >= 0.6 is 11.8 Å². The molecular formula is C10H11N3O2S. The maximum atomic E-state index is 10.9. The lowest BCUT2D eigenvalue weighted by Gasteiger charge is -2.04. The van der Waals surface area contributed by atoms with Gasteiger partial charge in [0.15, 0.2) is 0 Å². The van der Waals surface area contributed by atoms with E-state index in [1.807, 2.05) is 6.07 Å². The summed E-state index contributed by atoms with van der Waals surface area (Å²) in [5, 5.41) is 9.33. The third-order valence-electron chi connectivity index (χ3n) is 1.85.